The van der Waals surface area contributed by atoms with Crippen molar-refractivity contribution >= 4 is 5.91 Å². The van der Waals surface area contributed by atoms with E-state index in [-0.39, 0.29) is 11.6 Å². The largest absolute Gasteiger partial charge is 0.389 e. The Kier molecular flexibility index (Phi) is 3.77. The number of β-amino-alcohol motifs (C(OH)–C–C–N with tert-alkyl or cyclic N) is 1. The molecule has 0 radical (unpaired) electrons. The van der Waals surface area contributed by atoms with Crippen LogP contribution in [0.2, 0.25) is 0 Å². The second kappa shape index (κ2) is 5.18. The van der Waals surface area contributed by atoms with Gasteiger partial charge in [-0.15, -0.1) is 0 Å². The number of hydrogen-bond acceptors (Lipinski definition) is 4. The number of carbonyl (C=O) groups is 1. The van der Waals surface area contributed by atoms with Crippen LogP contribution in [0.4, 0.5) is 0 Å². The van der Waals surface area contributed by atoms with Crippen molar-refractivity contribution in [3.63, 3.8) is 0 Å². The number of amides is 1. The summed E-state index contributed by atoms with van der Waals surface area (Å²) < 4.78 is 0. The molecule has 1 aliphatic rings. The molecule has 1 aliphatic heterocycles. The van der Waals surface area contributed by atoms with Gasteiger partial charge in [-0.1, -0.05) is 0 Å². The van der Waals surface area contributed by atoms with Crippen molar-refractivity contribution in [2.24, 2.45) is 0 Å². The van der Waals surface area contributed by atoms with Gasteiger partial charge in [-0.25, -0.2) is 4.79 Å². The van der Waals surface area contributed by atoms with Crippen molar-refractivity contribution in [2.75, 3.05) is 32.7 Å². The van der Waals surface area contributed by atoms with E-state index in [0.29, 0.717) is 25.3 Å². The summed E-state index contributed by atoms with van der Waals surface area (Å²) in [6, 6.07) is 0. The van der Waals surface area contributed by atoms with Gasteiger partial charge in [-0.3, -0.25) is 9.69 Å². The highest BCUT2D eigenvalue weighted by Crippen LogP contribution is 2.10. The SMILES string of the molecule is CC(C)(O)CN1CCN(C(=O)c2c[nH]c(=O)[nH]2)CC1. The number of H-pyrrole nitrogens is 2. The fourth-order valence-corrected chi connectivity index (χ4v) is 2.27. The number of aromatic nitrogens is 2. The average Bonchev–Trinajstić information content (AvgIpc) is 2.74. The molecule has 0 unspecified atom stereocenters. The summed E-state index contributed by atoms with van der Waals surface area (Å²) in [5.41, 5.74) is -0.803. The second-order valence-electron chi connectivity index (χ2n) is 5.54. The second-order valence-corrected chi connectivity index (χ2v) is 5.54. The third-order valence-electron chi connectivity index (χ3n) is 3.10. The first-order chi connectivity index (χ1) is 8.85. The average molecular weight is 268 g/mol. The molecular weight excluding hydrogens is 248 g/mol. The van der Waals surface area contributed by atoms with Gasteiger partial charge in [-0.2, -0.15) is 0 Å². The number of nitrogens with one attached hydrogen (secondary N) is 2. The van der Waals surface area contributed by atoms with E-state index in [4.69, 9.17) is 0 Å². The monoisotopic (exact) mass is 268 g/mol. The van der Waals surface area contributed by atoms with Gasteiger partial charge in [0.2, 0.25) is 0 Å². The quantitative estimate of drug-likeness (QED) is 0.671. The van der Waals surface area contributed by atoms with Crippen molar-refractivity contribution in [3.05, 3.63) is 22.4 Å². The van der Waals surface area contributed by atoms with Crippen molar-refractivity contribution in [3.8, 4) is 0 Å². The normalized spacial score (nSPS) is 17.7. The van der Waals surface area contributed by atoms with E-state index in [1.807, 2.05) is 0 Å². The summed E-state index contributed by atoms with van der Waals surface area (Å²) in [6.45, 7) is 6.79. The Balaban J connectivity index is 1.90. The lowest BCUT2D eigenvalue weighted by Gasteiger charge is -2.37. The molecule has 106 valence electrons. The van der Waals surface area contributed by atoms with Crippen LogP contribution in [0.25, 0.3) is 0 Å². The fraction of sp³-hybridized carbons (Fsp3) is 0.667. The number of aliphatic hydroxyl groups is 1. The molecule has 1 saturated heterocycles. The minimum atomic E-state index is -0.724. The van der Waals surface area contributed by atoms with E-state index < -0.39 is 5.60 Å². The Morgan fingerprint density at radius 3 is 2.47 bits per heavy atom. The van der Waals surface area contributed by atoms with Crippen LogP contribution < -0.4 is 5.69 Å². The molecule has 2 heterocycles. The van der Waals surface area contributed by atoms with Crippen LogP contribution in [-0.2, 0) is 0 Å². The van der Waals surface area contributed by atoms with Gasteiger partial charge in [0.05, 0.1) is 5.60 Å². The summed E-state index contributed by atoms with van der Waals surface area (Å²) >= 11 is 0. The van der Waals surface area contributed by atoms with Crippen LogP contribution >= 0.6 is 0 Å². The molecule has 0 aromatic carbocycles. The smallest absolute Gasteiger partial charge is 0.323 e. The molecule has 2 rings (SSSR count). The van der Waals surface area contributed by atoms with Gasteiger partial charge in [0.15, 0.2) is 0 Å². The Morgan fingerprint density at radius 1 is 1.37 bits per heavy atom. The van der Waals surface area contributed by atoms with Crippen molar-refractivity contribution in [2.45, 2.75) is 19.4 Å². The molecule has 0 spiro atoms. The van der Waals surface area contributed by atoms with Gasteiger partial charge >= 0.3 is 5.69 Å². The van der Waals surface area contributed by atoms with E-state index in [0.717, 1.165) is 13.1 Å². The van der Waals surface area contributed by atoms with Crippen LogP contribution in [0.3, 0.4) is 0 Å². The summed E-state index contributed by atoms with van der Waals surface area (Å²) in [5.74, 6) is -0.166. The molecule has 7 nitrogen and oxygen atoms in total. The van der Waals surface area contributed by atoms with E-state index in [9.17, 15) is 14.7 Å². The Morgan fingerprint density at radius 2 is 2.00 bits per heavy atom. The molecule has 1 fully saturated rings. The van der Waals surface area contributed by atoms with E-state index >= 15 is 0 Å². The lowest BCUT2D eigenvalue weighted by atomic mass is 10.1. The number of imidazole rings is 1. The summed E-state index contributed by atoms with van der Waals surface area (Å²) in [7, 11) is 0. The maximum atomic E-state index is 12.1. The first-order valence-electron chi connectivity index (χ1n) is 6.37. The molecular formula is C12H20N4O3. The molecule has 0 atom stereocenters. The molecule has 0 bridgehead atoms. The number of piperazine rings is 1. The highest BCUT2D eigenvalue weighted by atomic mass is 16.3. The zero-order valence-corrected chi connectivity index (χ0v) is 11.3. The first-order valence-corrected chi connectivity index (χ1v) is 6.37. The maximum Gasteiger partial charge on any atom is 0.323 e. The van der Waals surface area contributed by atoms with Gasteiger partial charge < -0.3 is 20.0 Å². The lowest BCUT2D eigenvalue weighted by Crippen LogP contribution is -2.52. The third kappa shape index (κ3) is 3.68. The number of rotatable bonds is 3. The third-order valence-corrected chi connectivity index (χ3v) is 3.10. The van der Waals surface area contributed by atoms with Crippen LogP contribution in [0.5, 0.6) is 0 Å². The highest BCUT2D eigenvalue weighted by Gasteiger charge is 2.26. The topological polar surface area (TPSA) is 92.4 Å². The summed E-state index contributed by atoms with van der Waals surface area (Å²) in [6.07, 6.45) is 1.40. The molecule has 1 aromatic heterocycles. The highest BCUT2D eigenvalue weighted by molar-refractivity contribution is 5.92. The zero-order valence-electron chi connectivity index (χ0n) is 11.3. The van der Waals surface area contributed by atoms with Crippen LogP contribution in [-0.4, -0.2) is 69.1 Å². The number of nitrogens with zero attached hydrogens (tertiary/aromatic N) is 2. The molecule has 0 saturated carbocycles. The molecule has 0 aliphatic carbocycles. The standard InChI is InChI=1S/C12H20N4O3/c1-12(2,19)8-15-3-5-16(6-4-15)10(17)9-7-13-11(18)14-9/h7,19H,3-6,8H2,1-2H3,(H2,13,14,18). The summed E-state index contributed by atoms with van der Waals surface area (Å²) in [4.78, 5) is 31.8. The summed E-state index contributed by atoms with van der Waals surface area (Å²) in [5, 5.41) is 9.76. The molecule has 1 amide bonds. The van der Waals surface area contributed by atoms with Crippen molar-refractivity contribution < 1.29 is 9.90 Å². The van der Waals surface area contributed by atoms with Crippen LogP contribution in [0, 0.1) is 0 Å². The molecule has 19 heavy (non-hydrogen) atoms. The first kappa shape index (κ1) is 13.8. The minimum Gasteiger partial charge on any atom is -0.389 e. The number of aromatic amines is 2. The predicted molar refractivity (Wildman–Crippen MR) is 70.1 cm³/mol. The Hall–Kier alpha value is -1.60. The fourth-order valence-electron chi connectivity index (χ4n) is 2.27. The van der Waals surface area contributed by atoms with Crippen LogP contribution in [0.1, 0.15) is 24.3 Å². The lowest BCUT2D eigenvalue weighted by molar-refractivity contribution is 0.0177. The number of carbonyl (C=O) groups excluding carboxylic acids is 1. The Labute approximate surface area is 111 Å². The van der Waals surface area contributed by atoms with E-state index in [1.165, 1.54) is 6.20 Å². The minimum absolute atomic E-state index is 0.166. The molecule has 7 heteroatoms. The van der Waals surface area contributed by atoms with Gasteiger partial charge in [0.1, 0.15) is 5.69 Å². The van der Waals surface area contributed by atoms with Gasteiger partial charge in [-0.05, 0) is 13.8 Å². The van der Waals surface area contributed by atoms with Crippen molar-refractivity contribution in [1.82, 2.24) is 19.8 Å². The Bertz CT molecular complexity index is 492. The number of hydrogen-bond donors (Lipinski definition) is 3. The van der Waals surface area contributed by atoms with Crippen LogP contribution in [0.15, 0.2) is 11.0 Å². The molecule has 1 aromatic rings. The molecule has 3 N–H and O–H groups in total. The van der Waals surface area contributed by atoms with Gasteiger partial charge in [0, 0.05) is 38.9 Å². The van der Waals surface area contributed by atoms with E-state index in [1.54, 1.807) is 18.7 Å². The van der Waals surface area contributed by atoms with Crippen molar-refractivity contribution in [1.29, 1.82) is 0 Å². The zero-order chi connectivity index (χ0) is 14.0. The maximum absolute atomic E-state index is 12.1. The van der Waals surface area contributed by atoms with E-state index in [2.05, 4.69) is 14.9 Å². The van der Waals surface area contributed by atoms with Gasteiger partial charge in [0.25, 0.3) is 5.91 Å². The predicted octanol–water partition coefficient (Wildman–Crippen LogP) is -0.768.